The third-order valence-corrected chi connectivity index (χ3v) is 3.61. The van der Waals surface area contributed by atoms with Crippen molar-refractivity contribution < 1.29 is 9.53 Å². The molecule has 1 amide bonds. The molecule has 1 aliphatic heterocycles. The Morgan fingerprint density at radius 2 is 2.17 bits per heavy atom. The third-order valence-electron chi connectivity index (χ3n) is 3.61. The first-order chi connectivity index (χ1) is 8.69. The van der Waals surface area contributed by atoms with Gasteiger partial charge in [0.05, 0.1) is 12.8 Å². The summed E-state index contributed by atoms with van der Waals surface area (Å²) in [5, 5.41) is 3.15. The maximum atomic E-state index is 12.2. The van der Waals surface area contributed by atoms with E-state index < -0.39 is 0 Å². The highest BCUT2D eigenvalue weighted by Gasteiger charge is 2.38. The van der Waals surface area contributed by atoms with Crippen LogP contribution in [0.3, 0.4) is 0 Å². The smallest absolute Gasteiger partial charge is 0.227 e. The van der Waals surface area contributed by atoms with E-state index in [1.54, 1.807) is 7.11 Å². The van der Waals surface area contributed by atoms with E-state index in [1.807, 2.05) is 36.2 Å². The lowest BCUT2D eigenvalue weighted by atomic mass is 10.0. The summed E-state index contributed by atoms with van der Waals surface area (Å²) in [5.41, 5.74) is 0.871. The van der Waals surface area contributed by atoms with Crippen molar-refractivity contribution >= 4 is 11.6 Å². The number of ether oxygens (including phenoxy) is 1. The van der Waals surface area contributed by atoms with Crippen molar-refractivity contribution in [1.82, 2.24) is 5.32 Å². The maximum absolute atomic E-state index is 12.2. The van der Waals surface area contributed by atoms with Gasteiger partial charge >= 0.3 is 0 Å². The van der Waals surface area contributed by atoms with Gasteiger partial charge in [-0.2, -0.15) is 0 Å². The van der Waals surface area contributed by atoms with Gasteiger partial charge in [-0.25, -0.2) is 0 Å². The number of hydrogen-bond acceptors (Lipinski definition) is 3. The van der Waals surface area contributed by atoms with Crippen LogP contribution in [0.25, 0.3) is 0 Å². The van der Waals surface area contributed by atoms with Crippen LogP contribution in [0.1, 0.15) is 13.3 Å². The van der Waals surface area contributed by atoms with Gasteiger partial charge in [0.25, 0.3) is 0 Å². The SMILES string of the molecule is CNCC1CC(=O)N(c2ccccc2OC)C1C. The summed E-state index contributed by atoms with van der Waals surface area (Å²) >= 11 is 0. The molecular formula is C14H20N2O2. The number of amides is 1. The van der Waals surface area contributed by atoms with E-state index in [0.29, 0.717) is 12.3 Å². The van der Waals surface area contributed by atoms with Gasteiger partial charge in [0, 0.05) is 24.9 Å². The second-order valence-corrected chi connectivity index (χ2v) is 4.70. The van der Waals surface area contributed by atoms with Gasteiger partial charge in [0.1, 0.15) is 5.75 Å². The molecule has 1 saturated heterocycles. The highest BCUT2D eigenvalue weighted by atomic mass is 16.5. The van der Waals surface area contributed by atoms with E-state index >= 15 is 0 Å². The number of carbonyl (C=O) groups is 1. The van der Waals surface area contributed by atoms with Crippen LogP contribution < -0.4 is 15.0 Å². The lowest BCUT2D eigenvalue weighted by Gasteiger charge is -2.26. The lowest BCUT2D eigenvalue weighted by Crippen LogP contribution is -2.35. The summed E-state index contributed by atoms with van der Waals surface area (Å²) in [7, 11) is 3.55. The predicted octanol–water partition coefficient (Wildman–Crippen LogP) is 1.66. The van der Waals surface area contributed by atoms with Crippen molar-refractivity contribution in [1.29, 1.82) is 0 Å². The Morgan fingerprint density at radius 1 is 1.44 bits per heavy atom. The van der Waals surface area contributed by atoms with E-state index in [2.05, 4.69) is 12.2 Å². The molecular weight excluding hydrogens is 228 g/mol. The number of hydrogen-bond donors (Lipinski definition) is 1. The van der Waals surface area contributed by atoms with E-state index in [0.717, 1.165) is 18.0 Å². The van der Waals surface area contributed by atoms with Crippen molar-refractivity contribution in [2.75, 3.05) is 25.6 Å². The molecule has 2 atom stereocenters. The number of para-hydroxylation sites is 2. The number of carbonyl (C=O) groups excluding carboxylic acids is 1. The molecule has 0 saturated carbocycles. The first-order valence-electron chi connectivity index (χ1n) is 6.28. The monoisotopic (exact) mass is 248 g/mol. The maximum Gasteiger partial charge on any atom is 0.227 e. The molecule has 1 aromatic carbocycles. The molecule has 2 rings (SSSR count). The lowest BCUT2D eigenvalue weighted by molar-refractivity contribution is -0.117. The molecule has 1 aliphatic rings. The van der Waals surface area contributed by atoms with Crippen LogP contribution in [0.2, 0.25) is 0 Å². The fourth-order valence-electron chi connectivity index (χ4n) is 2.62. The Hall–Kier alpha value is -1.55. The van der Waals surface area contributed by atoms with Crippen LogP contribution in [0.5, 0.6) is 5.75 Å². The van der Waals surface area contributed by atoms with E-state index in [-0.39, 0.29) is 11.9 Å². The molecule has 0 aromatic heterocycles. The summed E-state index contributed by atoms with van der Waals surface area (Å²) in [5.74, 6) is 1.28. The van der Waals surface area contributed by atoms with Gasteiger partial charge in [-0.1, -0.05) is 12.1 Å². The Bertz CT molecular complexity index is 434. The van der Waals surface area contributed by atoms with Crippen LogP contribution >= 0.6 is 0 Å². The van der Waals surface area contributed by atoms with E-state index in [1.165, 1.54) is 0 Å². The molecule has 4 nitrogen and oxygen atoms in total. The predicted molar refractivity (Wildman–Crippen MR) is 72.0 cm³/mol. The normalized spacial score (nSPS) is 23.5. The van der Waals surface area contributed by atoms with E-state index in [9.17, 15) is 4.79 Å². The largest absolute Gasteiger partial charge is 0.495 e. The Balaban J connectivity index is 2.30. The molecule has 1 fully saturated rings. The molecule has 18 heavy (non-hydrogen) atoms. The van der Waals surface area contributed by atoms with Gasteiger partial charge in [-0.05, 0) is 26.1 Å². The quantitative estimate of drug-likeness (QED) is 0.881. The molecule has 98 valence electrons. The zero-order valence-corrected chi connectivity index (χ0v) is 11.1. The second-order valence-electron chi connectivity index (χ2n) is 4.70. The molecule has 0 radical (unpaired) electrons. The van der Waals surface area contributed by atoms with Crippen LogP contribution in [0.15, 0.2) is 24.3 Å². The summed E-state index contributed by atoms with van der Waals surface area (Å²) in [4.78, 5) is 14.0. The fraction of sp³-hybridized carbons (Fsp3) is 0.500. The number of methoxy groups -OCH3 is 1. The number of rotatable bonds is 4. The van der Waals surface area contributed by atoms with Gasteiger partial charge < -0.3 is 15.0 Å². The zero-order chi connectivity index (χ0) is 13.1. The van der Waals surface area contributed by atoms with Crippen LogP contribution in [0, 0.1) is 5.92 Å². The summed E-state index contributed by atoms with van der Waals surface area (Å²) in [6, 6.07) is 7.87. The Morgan fingerprint density at radius 3 is 2.83 bits per heavy atom. The Kier molecular flexibility index (Phi) is 3.87. The van der Waals surface area contributed by atoms with Gasteiger partial charge in [-0.15, -0.1) is 0 Å². The zero-order valence-electron chi connectivity index (χ0n) is 11.1. The molecule has 2 unspecified atom stereocenters. The van der Waals surface area contributed by atoms with E-state index in [4.69, 9.17) is 4.74 Å². The van der Waals surface area contributed by atoms with Crippen LogP contribution in [0.4, 0.5) is 5.69 Å². The molecule has 1 aromatic rings. The van der Waals surface area contributed by atoms with Crippen LogP contribution in [-0.4, -0.2) is 32.7 Å². The number of benzene rings is 1. The van der Waals surface area contributed by atoms with Crippen molar-refractivity contribution in [3.8, 4) is 5.75 Å². The number of nitrogens with one attached hydrogen (secondary N) is 1. The topological polar surface area (TPSA) is 41.6 Å². The molecule has 0 spiro atoms. The van der Waals surface area contributed by atoms with Crippen molar-refractivity contribution in [2.24, 2.45) is 5.92 Å². The highest BCUT2D eigenvalue weighted by Crippen LogP contribution is 2.36. The average Bonchev–Trinajstić information content (AvgIpc) is 2.65. The van der Waals surface area contributed by atoms with Gasteiger partial charge in [0.15, 0.2) is 0 Å². The van der Waals surface area contributed by atoms with Crippen molar-refractivity contribution in [3.05, 3.63) is 24.3 Å². The van der Waals surface area contributed by atoms with Gasteiger partial charge in [0.2, 0.25) is 5.91 Å². The standard InChI is InChI=1S/C14H20N2O2/c1-10-11(9-15-2)8-14(17)16(10)12-6-4-5-7-13(12)18-3/h4-7,10-11,15H,8-9H2,1-3H3. The Labute approximate surface area is 108 Å². The molecule has 1 N–H and O–H groups in total. The minimum Gasteiger partial charge on any atom is -0.495 e. The highest BCUT2D eigenvalue weighted by molar-refractivity contribution is 5.97. The summed E-state index contributed by atoms with van der Waals surface area (Å²) < 4.78 is 5.34. The molecule has 0 aliphatic carbocycles. The van der Waals surface area contributed by atoms with Crippen LogP contribution in [-0.2, 0) is 4.79 Å². The third kappa shape index (κ3) is 2.20. The number of nitrogens with zero attached hydrogens (tertiary/aromatic N) is 1. The minimum atomic E-state index is 0.173. The fourth-order valence-corrected chi connectivity index (χ4v) is 2.62. The van der Waals surface area contributed by atoms with Gasteiger partial charge in [-0.3, -0.25) is 4.79 Å². The second kappa shape index (κ2) is 5.40. The summed E-state index contributed by atoms with van der Waals surface area (Å²) in [6.07, 6.45) is 0.597. The molecule has 4 heteroatoms. The molecule has 0 bridgehead atoms. The van der Waals surface area contributed by atoms with Crippen molar-refractivity contribution in [3.63, 3.8) is 0 Å². The summed E-state index contributed by atoms with van der Waals surface area (Å²) in [6.45, 7) is 2.96. The first kappa shape index (κ1) is 12.9. The minimum absolute atomic E-state index is 0.173. The van der Waals surface area contributed by atoms with Crippen molar-refractivity contribution in [2.45, 2.75) is 19.4 Å². The first-order valence-corrected chi connectivity index (χ1v) is 6.28. The molecule has 1 heterocycles. The average molecular weight is 248 g/mol. The number of anilines is 1.